The van der Waals surface area contributed by atoms with Crippen molar-refractivity contribution in [3.8, 4) is 11.4 Å². The van der Waals surface area contributed by atoms with Gasteiger partial charge in [-0.2, -0.15) is 0 Å². The number of benzene rings is 2. The lowest BCUT2D eigenvalue weighted by Gasteiger charge is -2.08. The fourth-order valence-electron chi connectivity index (χ4n) is 2.48. The molecule has 3 aromatic rings. The third-order valence-corrected chi connectivity index (χ3v) is 5.17. The van der Waals surface area contributed by atoms with E-state index in [9.17, 15) is 10.1 Å². The molecule has 6 nitrogen and oxygen atoms in total. The Morgan fingerprint density at radius 3 is 2.77 bits per heavy atom. The van der Waals surface area contributed by atoms with E-state index in [0.29, 0.717) is 23.0 Å². The van der Waals surface area contributed by atoms with Gasteiger partial charge in [0.1, 0.15) is 0 Å². The second-order valence-electron chi connectivity index (χ2n) is 5.39. The third kappa shape index (κ3) is 4.03. The Kier molecular flexibility index (Phi) is 5.85. The minimum absolute atomic E-state index is 0.113. The summed E-state index contributed by atoms with van der Waals surface area (Å²) in [6.45, 7) is 4.35. The highest BCUT2D eigenvalue weighted by Crippen LogP contribution is 2.30. The van der Waals surface area contributed by atoms with Crippen LogP contribution in [0.15, 0.2) is 70.8 Å². The Labute approximate surface area is 163 Å². The summed E-state index contributed by atoms with van der Waals surface area (Å²) in [5.74, 6) is 1.17. The number of thioether (sulfide) groups is 1. The van der Waals surface area contributed by atoms with Gasteiger partial charge in [0, 0.05) is 34.0 Å². The number of nitro groups is 1. The van der Waals surface area contributed by atoms with Gasteiger partial charge in [-0.3, -0.25) is 14.7 Å². The highest BCUT2D eigenvalue weighted by Gasteiger charge is 2.17. The standard InChI is InChI=1S/C18H15BrN4O2S/c1-2-10-22-17(13-7-5-8-15(19)11-13)20-21-18(22)26-12-14-6-3-4-9-16(14)23(24)25/h2-9,11H,1,10,12H2. The van der Waals surface area contributed by atoms with Gasteiger partial charge >= 0.3 is 0 Å². The molecular formula is C18H15BrN4O2S. The maximum Gasteiger partial charge on any atom is 0.273 e. The molecular weight excluding hydrogens is 416 g/mol. The fraction of sp³-hybridized carbons (Fsp3) is 0.111. The van der Waals surface area contributed by atoms with Gasteiger partial charge in [0.05, 0.1) is 4.92 Å². The second kappa shape index (κ2) is 8.29. The molecule has 0 fully saturated rings. The Bertz CT molecular complexity index is 958. The fourth-order valence-corrected chi connectivity index (χ4v) is 3.83. The van der Waals surface area contributed by atoms with Crippen LogP contribution in [0.25, 0.3) is 11.4 Å². The van der Waals surface area contributed by atoms with Crippen molar-refractivity contribution < 1.29 is 4.92 Å². The summed E-state index contributed by atoms with van der Waals surface area (Å²) >= 11 is 4.88. The Morgan fingerprint density at radius 1 is 1.23 bits per heavy atom. The zero-order chi connectivity index (χ0) is 18.5. The SMILES string of the molecule is C=CCn1c(SCc2ccccc2[N+](=O)[O-])nnc1-c1cccc(Br)c1. The van der Waals surface area contributed by atoms with Crippen LogP contribution < -0.4 is 0 Å². The number of rotatable bonds is 7. The molecule has 0 amide bonds. The first kappa shape index (κ1) is 18.3. The van der Waals surface area contributed by atoms with Crippen molar-refractivity contribution in [3.63, 3.8) is 0 Å². The number of hydrogen-bond acceptors (Lipinski definition) is 5. The molecule has 0 N–H and O–H groups in total. The molecule has 0 aliphatic rings. The summed E-state index contributed by atoms with van der Waals surface area (Å²) in [5, 5.41) is 20.4. The maximum atomic E-state index is 11.2. The molecule has 0 atom stereocenters. The summed E-state index contributed by atoms with van der Waals surface area (Å²) in [4.78, 5) is 10.8. The zero-order valence-corrected chi connectivity index (χ0v) is 16.1. The van der Waals surface area contributed by atoms with Crippen LogP contribution in [0.3, 0.4) is 0 Å². The van der Waals surface area contributed by atoms with Crippen LogP contribution in [0.4, 0.5) is 5.69 Å². The summed E-state index contributed by atoms with van der Waals surface area (Å²) in [6.07, 6.45) is 1.78. The molecule has 8 heteroatoms. The largest absolute Gasteiger partial charge is 0.298 e. The highest BCUT2D eigenvalue weighted by molar-refractivity contribution is 9.10. The lowest BCUT2D eigenvalue weighted by Crippen LogP contribution is -2.01. The van der Waals surface area contributed by atoms with Crippen molar-refractivity contribution in [2.24, 2.45) is 0 Å². The first-order chi connectivity index (χ1) is 12.6. The average Bonchev–Trinajstić information content (AvgIpc) is 3.03. The normalized spacial score (nSPS) is 10.7. The maximum absolute atomic E-state index is 11.2. The van der Waals surface area contributed by atoms with Gasteiger partial charge in [0.15, 0.2) is 11.0 Å². The monoisotopic (exact) mass is 430 g/mol. The van der Waals surface area contributed by atoms with Crippen LogP contribution in [-0.2, 0) is 12.3 Å². The molecule has 0 radical (unpaired) electrons. The van der Waals surface area contributed by atoms with Crippen LogP contribution in [0, 0.1) is 10.1 Å². The van der Waals surface area contributed by atoms with Crippen molar-refractivity contribution in [1.29, 1.82) is 0 Å². The molecule has 0 aliphatic heterocycles. The number of halogens is 1. The van der Waals surface area contributed by atoms with Crippen LogP contribution in [0.5, 0.6) is 0 Å². The van der Waals surface area contributed by atoms with Crippen LogP contribution in [-0.4, -0.2) is 19.7 Å². The van der Waals surface area contributed by atoms with E-state index >= 15 is 0 Å². The topological polar surface area (TPSA) is 73.8 Å². The molecule has 1 aromatic heterocycles. The predicted octanol–water partition coefficient (Wildman–Crippen LogP) is 5.09. The van der Waals surface area contributed by atoms with E-state index in [0.717, 1.165) is 15.9 Å². The number of hydrogen-bond donors (Lipinski definition) is 0. The second-order valence-corrected chi connectivity index (χ2v) is 7.25. The number of allylic oxidation sites excluding steroid dienone is 1. The molecule has 132 valence electrons. The van der Waals surface area contributed by atoms with E-state index in [-0.39, 0.29) is 10.6 Å². The summed E-state index contributed by atoms with van der Waals surface area (Å²) in [6, 6.07) is 14.5. The third-order valence-electron chi connectivity index (χ3n) is 3.66. The lowest BCUT2D eigenvalue weighted by molar-refractivity contribution is -0.385. The molecule has 0 saturated heterocycles. The summed E-state index contributed by atoms with van der Waals surface area (Å²) < 4.78 is 2.91. The van der Waals surface area contributed by atoms with Gasteiger partial charge in [-0.05, 0) is 12.1 Å². The van der Waals surface area contributed by atoms with Crippen molar-refractivity contribution in [3.05, 3.63) is 81.3 Å². The molecule has 2 aromatic carbocycles. The van der Waals surface area contributed by atoms with E-state index in [1.807, 2.05) is 28.8 Å². The first-order valence-corrected chi connectivity index (χ1v) is 9.53. The molecule has 0 spiro atoms. The number of nitro benzene ring substituents is 1. The summed E-state index contributed by atoms with van der Waals surface area (Å²) in [7, 11) is 0. The van der Waals surface area contributed by atoms with Crippen LogP contribution in [0.1, 0.15) is 5.56 Å². The van der Waals surface area contributed by atoms with E-state index in [1.54, 1.807) is 24.3 Å². The highest BCUT2D eigenvalue weighted by atomic mass is 79.9. The zero-order valence-electron chi connectivity index (χ0n) is 13.7. The predicted molar refractivity (Wildman–Crippen MR) is 106 cm³/mol. The summed E-state index contributed by atoms with van der Waals surface area (Å²) in [5.41, 5.74) is 1.70. The minimum Gasteiger partial charge on any atom is -0.298 e. The Morgan fingerprint density at radius 2 is 2.04 bits per heavy atom. The van der Waals surface area contributed by atoms with Gasteiger partial charge in [-0.25, -0.2) is 0 Å². The molecule has 26 heavy (non-hydrogen) atoms. The molecule has 0 aliphatic carbocycles. The lowest BCUT2D eigenvalue weighted by atomic mass is 10.2. The van der Waals surface area contributed by atoms with Crippen molar-refractivity contribution in [2.75, 3.05) is 0 Å². The molecule has 0 unspecified atom stereocenters. The van der Waals surface area contributed by atoms with Crippen molar-refractivity contribution >= 4 is 33.4 Å². The number of aromatic nitrogens is 3. The Hall–Kier alpha value is -2.45. The molecule has 0 bridgehead atoms. The van der Waals surface area contributed by atoms with E-state index in [1.165, 1.54) is 17.8 Å². The van der Waals surface area contributed by atoms with Crippen molar-refractivity contribution in [1.82, 2.24) is 14.8 Å². The van der Waals surface area contributed by atoms with Crippen LogP contribution in [0.2, 0.25) is 0 Å². The minimum atomic E-state index is -0.364. The van der Waals surface area contributed by atoms with Gasteiger partial charge in [0.25, 0.3) is 5.69 Å². The molecule has 3 rings (SSSR count). The van der Waals surface area contributed by atoms with E-state index < -0.39 is 0 Å². The van der Waals surface area contributed by atoms with E-state index in [2.05, 4.69) is 32.7 Å². The first-order valence-electron chi connectivity index (χ1n) is 7.75. The Balaban J connectivity index is 1.89. The van der Waals surface area contributed by atoms with Gasteiger partial charge < -0.3 is 0 Å². The van der Waals surface area contributed by atoms with Crippen LogP contribution >= 0.6 is 27.7 Å². The number of para-hydroxylation sites is 1. The molecule has 0 saturated carbocycles. The van der Waals surface area contributed by atoms with Gasteiger partial charge in [-0.1, -0.05) is 64.1 Å². The average molecular weight is 431 g/mol. The quantitative estimate of drug-likeness (QED) is 0.225. The molecule has 1 heterocycles. The van der Waals surface area contributed by atoms with Gasteiger partial charge in [0.2, 0.25) is 0 Å². The smallest absolute Gasteiger partial charge is 0.273 e. The number of nitrogens with zero attached hydrogens (tertiary/aromatic N) is 4. The van der Waals surface area contributed by atoms with Crippen molar-refractivity contribution in [2.45, 2.75) is 17.5 Å². The van der Waals surface area contributed by atoms with Gasteiger partial charge in [-0.15, -0.1) is 16.8 Å². The van der Waals surface area contributed by atoms with E-state index in [4.69, 9.17) is 0 Å².